The van der Waals surface area contributed by atoms with Crippen LogP contribution in [0.5, 0.6) is 0 Å². The third-order valence-electron chi connectivity index (χ3n) is 7.96. The van der Waals surface area contributed by atoms with Gasteiger partial charge in [-0.05, 0) is 64.2 Å². The second-order valence-corrected chi connectivity index (χ2v) is 14.5. The second-order valence-electron chi connectivity index (χ2n) is 13.1. The Labute approximate surface area is 325 Å². The summed E-state index contributed by atoms with van der Waals surface area (Å²) in [4.78, 5) is 34.9. The number of aliphatic hydroxyl groups excluding tert-OH is 3. The Kier molecular flexibility index (Phi) is 35.5. The number of carbonyl (C=O) groups is 2. The molecule has 0 aromatic rings. The van der Waals surface area contributed by atoms with Gasteiger partial charge in [0.1, 0.15) is 12.7 Å². The third kappa shape index (κ3) is 36.4. The van der Waals surface area contributed by atoms with Gasteiger partial charge in [0, 0.05) is 12.8 Å². The molecule has 0 aliphatic rings. The first-order valence-corrected chi connectivity index (χ1v) is 21.5. The summed E-state index contributed by atoms with van der Waals surface area (Å²) in [6.07, 6.45) is 37.5. The molecule has 0 spiro atoms. The molecule has 0 saturated carbocycles. The lowest BCUT2D eigenvalue weighted by atomic mass is 10.1. The Morgan fingerprint density at radius 2 is 1.17 bits per heavy atom. The molecule has 54 heavy (non-hydrogen) atoms. The number of unbranched alkanes of at least 4 members (excludes halogenated alkanes) is 9. The van der Waals surface area contributed by atoms with Gasteiger partial charge in [0.25, 0.3) is 0 Å². The van der Waals surface area contributed by atoms with Crippen LogP contribution in [0.1, 0.15) is 136 Å². The van der Waals surface area contributed by atoms with Gasteiger partial charge in [-0.3, -0.25) is 18.6 Å². The highest BCUT2D eigenvalue weighted by Gasteiger charge is 2.27. The maximum atomic E-state index is 12.6. The number of esters is 2. The van der Waals surface area contributed by atoms with E-state index in [9.17, 15) is 29.3 Å². The predicted octanol–water partition coefficient (Wildman–Crippen LogP) is 9.08. The quantitative estimate of drug-likeness (QED) is 0.0157. The Morgan fingerprint density at radius 3 is 1.81 bits per heavy atom. The van der Waals surface area contributed by atoms with Gasteiger partial charge in [-0.1, -0.05) is 132 Å². The average Bonchev–Trinajstić information content (AvgIpc) is 3.15. The molecule has 0 aliphatic heterocycles. The molecule has 0 aliphatic carbocycles. The van der Waals surface area contributed by atoms with Gasteiger partial charge in [-0.15, -0.1) is 0 Å². The van der Waals surface area contributed by atoms with Crippen LogP contribution in [-0.4, -0.2) is 76.9 Å². The van der Waals surface area contributed by atoms with Crippen LogP contribution in [0.2, 0.25) is 0 Å². The van der Waals surface area contributed by atoms with Gasteiger partial charge < -0.3 is 29.7 Å². The van der Waals surface area contributed by atoms with Crippen molar-refractivity contribution in [2.24, 2.45) is 0 Å². The number of hydrogen-bond donors (Lipinski definition) is 4. The summed E-state index contributed by atoms with van der Waals surface area (Å²) in [5, 5.41) is 28.4. The molecular weight excluding hydrogens is 711 g/mol. The highest BCUT2D eigenvalue weighted by Crippen LogP contribution is 2.43. The van der Waals surface area contributed by atoms with Crippen molar-refractivity contribution in [2.75, 3.05) is 26.4 Å². The van der Waals surface area contributed by atoms with Crippen LogP contribution in [0, 0.1) is 0 Å². The van der Waals surface area contributed by atoms with Crippen LogP contribution in [-0.2, 0) is 32.7 Å². The molecular formula is C42H71O11P. The number of phosphoric acid groups is 1. The number of rotatable bonds is 36. The van der Waals surface area contributed by atoms with Crippen LogP contribution in [0.4, 0.5) is 0 Å². The average molecular weight is 783 g/mol. The minimum atomic E-state index is -4.65. The molecule has 0 bridgehead atoms. The third-order valence-corrected chi connectivity index (χ3v) is 8.91. The summed E-state index contributed by atoms with van der Waals surface area (Å²) in [6.45, 7) is 1.98. The van der Waals surface area contributed by atoms with E-state index in [1.54, 1.807) is 6.08 Å². The minimum absolute atomic E-state index is 0.140. The smallest absolute Gasteiger partial charge is 0.462 e. The maximum Gasteiger partial charge on any atom is 0.472 e. The predicted molar refractivity (Wildman–Crippen MR) is 216 cm³/mol. The number of ether oxygens (including phenoxy) is 2. The van der Waals surface area contributed by atoms with Crippen LogP contribution in [0.3, 0.4) is 0 Å². The van der Waals surface area contributed by atoms with Crippen molar-refractivity contribution >= 4 is 19.8 Å². The summed E-state index contributed by atoms with van der Waals surface area (Å²) in [7, 11) is -4.65. The fourth-order valence-electron chi connectivity index (χ4n) is 4.90. The van der Waals surface area contributed by atoms with E-state index in [-0.39, 0.29) is 19.4 Å². The lowest BCUT2D eigenvalue weighted by molar-refractivity contribution is -0.161. The van der Waals surface area contributed by atoms with Crippen LogP contribution in [0.25, 0.3) is 0 Å². The number of phosphoric ester groups is 1. The van der Waals surface area contributed by atoms with Gasteiger partial charge in [0.2, 0.25) is 0 Å². The normalized spacial score (nSPS) is 15.3. The molecule has 0 aromatic heterocycles. The van der Waals surface area contributed by atoms with E-state index in [0.717, 1.165) is 89.9 Å². The first-order chi connectivity index (χ1) is 26.1. The highest BCUT2D eigenvalue weighted by atomic mass is 31.2. The largest absolute Gasteiger partial charge is 0.472 e. The van der Waals surface area contributed by atoms with Gasteiger partial charge in [-0.25, -0.2) is 4.57 Å². The van der Waals surface area contributed by atoms with E-state index in [2.05, 4.69) is 67.0 Å². The standard InChI is InChI=1S/C42H71O11P/c1-3-5-7-9-11-12-13-14-15-16-17-18-20-24-29-33-42(47)53-40(37-52-54(48,49)51-35-39(45)34-43)36-50-41(46)32-28-25-21-23-27-31-38(44)30-26-22-19-10-8-6-4-2/h5-8,11-12,14-15,19,22,26,30,38-40,43-45H,3-4,9-10,13,16-18,20-21,23-25,27-29,31-37H2,1-2H3,(H,48,49)/b7-5-,8-6+,12-11-,15-14-,22-19+,30-26+/t38?,39-,40+/m0/s1. The number of aliphatic hydroxyl groups is 3. The fourth-order valence-corrected chi connectivity index (χ4v) is 5.68. The molecule has 0 rings (SSSR count). The molecule has 0 amide bonds. The molecule has 0 fully saturated rings. The molecule has 0 radical (unpaired) electrons. The Bertz CT molecular complexity index is 1150. The first kappa shape index (κ1) is 51.4. The second kappa shape index (κ2) is 37.3. The van der Waals surface area contributed by atoms with Crippen molar-refractivity contribution in [3.05, 3.63) is 72.9 Å². The Balaban J connectivity index is 4.47. The molecule has 310 valence electrons. The number of carbonyl (C=O) groups excluding carboxylic acids is 2. The summed E-state index contributed by atoms with van der Waals surface area (Å²) in [5.41, 5.74) is 0. The zero-order chi connectivity index (χ0) is 40.0. The molecule has 12 heteroatoms. The topological polar surface area (TPSA) is 169 Å². The molecule has 4 atom stereocenters. The molecule has 11 nitrogen and oxygen atoms in total. The Morgan fingerprint density at radius 1 is 0.630 bits per heavy atom. The summed E-state index contributed by atoms with van der Waals surface area (Å²) in [6, 6.07) is 0. The highest BCUT2D eigenvalue weighted by molar-refractivity contribution is 7.47. The lowest BCUT2D eigenvalue weighted by Crippen LogP contribution is -2.29. The first-order valence-electron chi connectivity index (χ1n) is 20.0. The molecule has 2 unspecified atom stereocenters. The zero-order valence-corrected chi connectivity index (χ0v) is 33.9. The fraction of sp³-hybridized carbons (Fsp3) is 0.667. The monoisotopic (exact) mass is 782 g/mol. The van der Waals surface area contributed by atoms with Gasteiger partial charge in [0.05, 0.1) is 25.9 Å². The maximum absolute atomic E-state index is 12.6. The van der Waals surface area contributed by atoms with Crippen molar-refractivity contribution in [3.63, 3.8) is 0 Å². The minimum Gasteiger partial charge on any atom is -0.462 e. The van der Waals surface area contributed by atoms with Gasteiger partial charge in [-0.2, -0.15) is 0 Å². The summed E-state index contributed by atoms with van der Waals surface area (Å²) in [5.74, 6) is -1.03. The number of hydrogen-bond acceptors (Lipinski definition) is 10. The van der Waals surface area contributed by atoms with E-state index in [1.807, 2.05) is 18.2 Å². The molecule has 0 heterocycles. The molecule has 0 aromatic carbocycles. The van der Waals surface area contributed by atoms with Crippen molar-refractivity contribution in [1.29, 1.82) is 0 Å². The molecule has 0 saturated heterocycles. The van der Waals surface area contributed by atoms with Gasteiger partial charge in [0.15, 0.2) is 6.10 Å². The zero-order valence-electron chi connectivity index (χ0n) is 33.0. The van der Waals surface area contributed by atoms with E-state index in [1.165, 1.54) is 0 Å². The van der Waals surface area contributed by atoms with Gasteiger partial charge >= 0.3 is 19.8 Å². The summed E-state index contributed by atoms with van der Waals surface area (Å²) >= 11 is 0. The Hall–Kier alpha value is -2.63. The van der Waals surface area contributed by atoms with E-state index < -0.39 is 57.9 Å². The van der Waals surface area contributed by atoms with E-state index in [4.69, 9.17) is 19.1 Å². The van der Waals surface area contributed by atoms with Crippen LogP contribution in [0.15, 0.2) is 72.9 Å². The van der Waals surface area contributed by atoms with Crippen molar-refractivity contribution < 1.29 is 52.9 Å². The lowest BCUT2D eigenvalue weighted by Gasteiger charge is -2.20. The number of allylic oxidation sites excluding steroid dienone is 11. The summed E-state index contributed by atoms with van der Waals surface area (Å²) < 4.78 is 32.6. The van der Waals surface area contributed by atoms with E-state index >= 15 is 0 Å². The van der Waals surface area contributed by atoms with Crippen molar-refractivity contribution in [2.45, 2.75) is 154 Å². The van der Waals surface area contributed by atoms with Crippen molar-refractivity contribution in [1.82, 2.24) is 0 Å². The van der Waals surface area contributed by atoms with Crippen molar-refractivity contribution in [3.8, 4) is 0 Å². The van der Waals surface area contributed by atoms with E-state index in [0.29, 0.717) is 19.3 Å². The van der Waals surface area contributed by atoms with Crippen LogP contribution < -0.4 is 0 Å². The molecule has 4 N–H and O–H groups in total. The van der Waals surface area contributed by atoms with Crippen LogP contribution >= 0.6 is 7.82 Å². The SMILES string of the molecule is CC/C=C\C/C=C\C/C=C\CCCCCCCC(=O)O[C@H](COC(=O)CCCCCCCC(O)/C=C/C=C/C/C=C/CC)COP(=O)(O)OC[C@@H](O)CO.